The van der Waals surface area contributed by atoms with E-state index >= 15 is 0 Å². The lowest BCUT2D eigenvalue weighted by atomic mass is 10.3. The first-order chi connectivity index (χ1) is 5.43. The fourth-order valence-corrected chi connectivity index (χ4v) is 1.32. The number of aliphatic hydroxyl groups is 1. The zero-order valence-corrected chi connectivity index (χ0v) is 8.18. The Kier molecular flexibility index (Phi) is 7.91. The van der Waals surface area contributed by atoms with Gasteiger partial charge in [0.25, 0.3) is 0 Å². The molecule has 3 nitrogen and oxygen atoms in total. The molecular formula is C8H18ClNO2. The summed E-state index contributed by atoms with van der Waals surface area (Å²) in [5.41, 5.74) is 0. The quantitative estimate of drug-likeness (QED) is 0.713. The van der Waals surface area contributed by atoms with Crippen LogP contribution in [0.15, 0.2) is 0 Å². The molecule has 4 heteroatoms. The van der Waals surface area contributed by atoms with Gasteiger partial charge in [0.05, 0.1) is 6.61 Å². The van der Waals surface area contributed by atoms with Crippen molar-refractivity contribution >= 4 is 12.4 Å². The van der Waals surface area contributed by atoms with E-state index in [0.29, 0.717) is 6.61 Å². The van der Waals surface area contributed by atoms with E-state index in [-0.39, 0.29) is 12.4 Å². The van der Waals surface area contributed by atoms with E-state index in [0.717, 1.165) is 45.7 Å². The molecule has 1 N–H and O–H groups in total. The molecule has 0 unspecified atom stereocenters. The number of rotatable bonds is 3. The Bertz CT molecular complexity index is 95.1. The highest BCUT2D eigenvalue weighted by Gasteiger charge is 2.07. The minimum Gasteiger partial charge on any atom is -0.396 e. The standard InChI is InChI=1S/C8H17NO2.ClH/c10-6-1-3-9-4-2-7-11-8-5-9;/h10H,1-8H2;1H. The Hall–Kier alpha value is 0.170. The maximum Gasteiger partial charge on any atom is 0.0593 e. The van der Waals surface area contributed by atoms with Crippen molar-refractivity contribution in [3.63, 3.8) is 0 Å². The van der Waals surface area contributed by atoms with Crippen molar-refractivity contribution < 1.29 is 9.84 Å². The van der Waals surface area contributed by atoms with E-state index in [1.54, 1.807) is 0 Å². The number of nitrogens with zero attached hydrogens (tertiary/aromatic N) is 1. The lowest BCUT2D eigenvalue weighted by molar-refractivity contribution is 0.139. The second-order valence-corrected chi connectivity index (χ2v) is 2.88. The van der Waals surface area contributed by atoms with Crippen molar-refractivity contribution in [2.75, 3.05) is 39.5 Å². The van der Waals surface area contributed by atoms with Gasteiger partial charge in [0.2, 0.25) is 0 Å². The van der Waals surface area contributed by atoms with Gasteiger partial charge in [-0.1, -0.05) is 0 Å². The summed E-state index contributed by atoms with van der Waals surface area (Å²) in [4.78, 5) is 2.35. The zero-order chi connectivity index (χ0) is 7.94. The van der Waals surface area contributed by atoms with Crippen molar-refractivity contribution in [3.8, 4) is 0 Å². The van der Waals surface area contributed by atoms with Crippen molar-refractivity contribution in [2.24, 2.45) is 0 Å². The van der Waals surface area contributed by atoms with E-state index in [1.807, 2.05) is 0 Å². The molecular weight excluding hydrogens is 178 g/mol. The number of hydrogen-bond donors (Lipinski definition) is 1. The van der Waals surface area contributed by atoms with Crippen LogP contribution in [0.4, 0.5) is 0 Å². The van der Waals surface area contributed by atoms with E-state index in [4.69, 9.17) is 9.84 Å². The number of aliphatic hydroxyl groups excluding tert-OH is 1. The molecule has 1 aliphatic heterocycles. The number of hydrogen-bond acceptors (Lipinski definition) is 3. The molecule has 1 aliphatic rings. The first-order valence-corrected chi connectivity index (χ1v) is 4.34. The first kappa shape index (κ1) is 12.2. The van der Waals surface area contributed by atoms with Gasteiger partial charge in [-0.25, -0.2) is 0 Å². The normalized spacial score (nSPS) is 19.8. The lowest BCUT2D eigenvalue weighted by Gasteiger charge is -2.17. The summed E-state index contributed by atoms with van der Waals surface area (Å²) < 4.78 is 5.30. The molecule has 1 rings (SSSR count). The summed E-state index contributed by atoms with van der Waals surface area (Å²) in [6.07, 6.45) is 2.02. The molecule has 0 bridgehead atoms. The molecule has 0 aromatic heterocycles. The fraction of sp³-hybridized carbons (Fsp3) is 1.00. The van der Waals surface area contributed by atoms with Gasteiger partial charge in [0.1, 0.15) is 0 Å². The second-order valence-electron chi connectivity index (χ2n) is 2.88. The van der Waals surface area contributed by atoms with Crippen LogP contribution >= 0.6 is 12.4 Å². The van der Waals surface area contributed by atoms with Crippen LogP contribution in [0.1, 0.15) is 12.8 Å². The molecule has 1 heterocycles. The Morgan fingerprint density at radius 3 is 2.83 bits per heavy atom. The molecule has 1 saturated heterocycles. The minimum absolute atomic E-state index is 0. The van der Waals surface area contributed by atoms with Crippen LogP contribution in [0.25, 0.3) is 0 Å². The summed E-state index contributed by atoms with van der Waals surface area (Å²) in [5, 5.41) is 8.61. The Balaban J connectivity index is 0.00000121. The number of ether oxygens (including phenoxy) is 1. The zero-order valence-electron chi connectivity index (χ0n) is 7.37. The van der Waals surface area contributed by atoms with Gasteiger partial charge in [-0.3, -0.25) is 0 Å². The van der Waals surface area contributed by atoms with E-state index < -0.39 is 0 Å². The molecule has 0 amide bonds. The van der Waals surface area contributed by atoms with Crippen LogP contribution in [-0.2, 0) is 4.74 Å². The Labute approximate surface area is 80.1 Å². The third-order valence-electron chi connectivity index (χ3n) is 1.95. The summed E-state index contributed by atoms with van der Waals surface area (Å²) in [5.74, 6) is 0. The van der Waals surface area contributed by atoms with Crippen molar-refractivity contribution in [1.82, 2.24) is 4.90 Å². The van der Waals surface area contributed by atoms with Gasteiger partial charge < -0.3 is 14.7 Å². The third kappa shape index (κ3) is 4.93. The predicted octanol–water partition coefficient (Wildman–Crippen LogP) is 0.513. The van der Waals surface area contributed by atoms with Gasteiger partial charge >= 0.3 is 0 Å². The highest BCUT2D eigenvalue weighted by Crippen LogP contribution is 1.99. The minimum atomic E-state index is 0. The SMILES string of the molecule is Cl.OCCCN1CCCOCC1. The fourth-order valence-electron chi connectivity index (χ4n) is 1.32. The van der Waals surface area contributed by atoms with Gasteiger partial charge in [-0.15, -0.1) is 12.4 Å². The molecule has 0 saturated carbocycles. The lowest BCUT2D eigenvalue weighted by Crippen LogP contribution is -2.27. The highest BCUT2D eigenvalue weighted by atomic mass is 35.5. The van der Waals surface area contributed by atoms with Crippen molar-refractivity contribution in [1.29, 1.82) is 0 Å². The Morgan fingerprint density at radius 2 is 2.08 bits per heavy atom. The van der Waals surface area contributed by atoms with Crippen LogP contribution in [0.3, 0.4) is 0 Å². The summed E-state index contributed by atoms with van der Waals surface area (Å²) in [7, 11) is 0. The highest BCUT2D eigenvalue weighted by molar-refractivity contribution is 5.85. The van der Waals surface area contributed by atoms with Gasteiger partial charge in [0.15, 0.2) is 0 Å². The van der Waals surface area contributed by atoms with Gasteiger partial charge in [-0.05, 0) is 12.8 Å². The van der Waals surface area contributed by atoms with Crippen LogP contribution < -0.4 is 0 Å². The molecule has 1 fully saturated rings. The van der Waals surface area contributed by atoms with Crippen LogP contribution in [0.5, 0.6) is 0 Å². The van der Waals surface area contributed by atoms with Gasteiger partial charge in [-0.2, -0.15) is 0 Å². The van der Waals surface area contributed by atoms with E-state index in [1.165, 1.54) is 0 Å². The average Bonchev–Trinajstić information content (AvgIpc) is 2.28. The smallest absolute Gasteiger partial charge is 0.0593 e. The molecule has 0 aromatic carbocycles. The van der Waals surface area contributed by atoms with Crippen molar-refractivity contribution in [3.05, 3.63) is 0 Å². The maximum absolute atomic E-state index is 8.61. The first-order valence-electron chi connectivity index (χ1n) is 4.34. The molecule has 0 aliphatic carbocycles. The summed E-state index contributed by atoms with van der Waals surface area (Å²) in [6, 6.07) is 0. The molecule has 0 aromatic rings. The molecule has 74 valence electrons. The van der Waals surface area contributed by atoms with Crippen LogP contribution in [0, 0.1) is 0 Å². The monoisotopic (exact) mass is 195 g/mol. The third-order valence-corrected chi connectivity index (χ3v) is 1.95. The van der Waals surface area contributed by atoms with Gasteiger partial charge in [0, 0.05) is 32.8 Å². The topological polar surface area (TPSA) is 32.7 Å². The predicted molar refractivity (Wildman–Crippen MR) is 50.8 cm³/mol. The maximum atomic E-state index is 8.61. The van der Waals surface area contributed by atoms with Crippen molar-refractivity contribution in [2.45, 2.75) is 12.8 Å². The largest absolute Gasteiger partial charge is 0.396 e. The molecule has 0 radical (unpaired) electrons. The Morgan fingerprint density at radius 1 is 1.25 bits per heavy atom. The van der Waals surface area contributed by atoms with Crippen LogP contribution in [0.2, 0.25) is 0 Å². The average molecular weight is 196 g/mol. The number of halogens is 1. The molecule has 12 heavy (non-hydrogen) atoms. The summed E-state index contributed by atoms with van der Waals surface area (Å²) >= 11 is 0. The molecule has 0 atom stereocenters. The second kappa shape index (κ2) is 7.80. The molecule has 0 spiro atoms. The summed E-state index contributed by atoms with van der Waals surface area (Å²) in [6.45, 7) is 5.22. The van der Waals surface area contributed by atoms with Crippen LogP contribution in [-0.4, -0.2) is 49.5 Å². The van der Waals surface area contributed by atoms with E-state index in [2.05, 4.69) is 4.90 Å². The van der Waals surface area contributed by atoms with E-state index in [9.17, 15) is 0 Å².